The van der Waals surface area contributed by atoms with Gasteiger partial charge >= 0.3 is 12.0 Å². The predicted molar refractivity (Wildman–Crippen MR) is 81.1 cm³/mol. The van der Waals surface area contributed by atoms with Crippen molar-refractivity contribution in [1.29, 1.82) is 0 Å². The molecule has 0 bridgehead atoms. The smallest absolute Gasteiger partial charge is 0.338 e. The Morgan fingerprint density at radius 2 is 1.95 bits per heavy atom. The number of nitrogens with one attached hydrogen (secondary N) is 1. The number of rotatable bonds is 4. The molecule has 1 aliphatic rings. The summed E-state index contributed by atoms with van der Waals surface area (Å²) in [6.07, 6.45) is 0. The van der Waals surface area contributed by atoms with E-state index in [4.69, 9.17) is 4.74 Å². The number of ether oxygens (including phenoxy) is 1. The van der Waals surface area contributed by atoms with Gasteiger partial charge in [-0.1, -0.05) is 12.1 Å². The van der Waals surface area contributed by atoms with Crippen LogP contribution in [0.15, 0.2) is 35.5 Å². The topological polar surface area (TPSA) is 78.9 Å². The molecule has 1 aromatic rings. The van der Waals surface area contributed by atoms with Crippen molar-refractivity contribution in [2.45, 2.75) is 26.8 Å². The van der Waals surface area contributed by atoms with Gasteiger partial charge in [0.25, 0.3) is 0 Å². The molecule has 0 radical (unpaired) electrons. The summed E-state index contributed by atoms with van der Waals surface area (Å²) in [6, 6.07) is 5.54. The molecule has 118 valence electrons. The highest BCUT2D eigenvalue weighted by atomic mass is 16.5. The molecule has 0 aromatic heterocycles. The lowest BCUT2D eigenvalue weighted by Crippen LogP contribution is -2.47. The first-order chi connectivity index (χ1) is 10.5. The van der Waals surface area contributed by atoms with Crippen LogP contribution in [0.3, 0.4) is 0 Å². The Kier molecular flexibility index (Phi) is 4.70. The first-order valence-corrected chi connectivity index (χ1v) is 7.24. The molecule has 2 rings (SSSR count). The van der Waals surface area contributed by atoms with E-state index in [-0.39, 0.29) is 18.4 Å². The maximum atomic E-state index is 12.3. The number of aromatic hydroxyl groups is 1. The monoisotopic (exact) mass is 304 g/mol. The van der Waals surface area contributed by atoms with E-state index in [1.807, 2.05) is 6.92 Å². The van der Waals surface area contributed by atoms with Gasteiger partial charge in [0.1, 0.15) is 5.75 Å². The van der Waals surface area contributed by atoms with Crippen molar-refractivity contribution in [2.24, 2.45) is 0 Å². The quantitative estimate of drug-likeness (QED) is 0.837. The average Bonchev–Trinajstić information content (AvgIpc) is 2.48. The van der Waals surface area contributed by atoms with Crippen LogP contribution in [0.1, 0.15) is 32.4 Å². The Morgan fingerprint density at radius 3 is 2.50 bits per heavy atom. The van der Waals surface area contributed by atoms with Crippen LogP contribution in [0.2, 0.25) is 0 Å². The minimum Gasteiger partial charge on any atom is -0.508 e. The lowest BCUT2D eigenvalue weighted by Gasteiger charge is -2.34. The number of phenolic OH excluding ortho intramolecular Hbond substituents is 1. The van der Waals surface area contributed by atoms with Gasteiger partial charge in [0.15, 0.2) is 0 Å². The molecule has 1 aromatic carbocycles. The zero-order chi connectivity index (χ0) is 16.3. The zero-order valence-corrected chi connectivity index (χ0v) is 12.9. The largest absolute Gasteiger partial charge is 0.508 e. The summed E-state index contributed by atoms with van der Waals surface area (Å²) >= 11 is 0. The van der Waals surface area contributed by atoms with Crippen molar-refractivity contribution < 1.29 is 19.4 Å². The molecule has 22 heavy (non-hydrogen) atoms. The second-order valence-electron chi connectivity index (χ2n) is 4.94. The Labute approximate surface area is 129 Å². The third kappa shape index (κ3) is 2.90. The number of allylic oxidation sites excluding steroid dienone is 1. The number of esters is 1. The van der Waals surface area contributed by atoms with E-state index in [2.05, 4.69) is 5.32 Å². The van der Waals surface area contributed by atoms with E-state index in [1.54, 1.807) is 26.0 Å². The van der Waals surface area contributed by atoms with Crippen LogP contribution in [0.5, 0.6) is 5.75 Å². The number of carbonyl (C=O) groups is 2. The second kappa shape index (κ2) is 6.51. The summed E-state index contributed by atoms with van der Waals surface area (Å²) in [6.45, 7) is 6.04. The van der Waals surface area contributed by atoms with Crippen LogP contribution in [0.25, 0.3) is 0 Å². The van der Waals surface area contributed by atoms with E-state index in [0.29, 0.717) is 23.4 Å². The van der Waals surface area contributed by atoms with Crippen molar-refractivity contribution in [3.8, 4) is 5.75 Å². The number of hydrogen-bond acceptors (Lipinski definition) is 4. The molecule has 1 heterocycles. The molecule has 6 nitrogen and oxygen atoms in total. The van der Waals surface area contributed by atoms with Crippen LogP contribution in [0.4, 0.5) is 4.79 Å². The van der Waals surface area contributed by atoms with Crippen LogP contribution in [-0.2, 0) is 9.53 Å². The van der Waals surface area contributed by atoms with E-state index in [1.165, 1.54) is 17.0 Å². The van der Waals surface area contributed by atoms with Gasteiger partial charge in [-0.25, -0.2) is 9.59 Å². The van der Waals surface area contributed by atoms with Crippen LogP contribution >= 0.6 is 0 Å². The van der Waals surface area contributed by atoms with Gasteiger partial charge in [0.05, 0.1) is 18.2 Å². The standard InChI is InChI=1S/C16H20N2O4/c1-4-18-10(3)13(15(20)22-5-2)14(17-16(18)21)11-6-8-12(19)9-7-11/h6-9,14,19H,4-5H2,1-3H3,(H,17,21). The number of urea groups is 1. The Bertz CT molecular complexity index is 607. The fraction of sp³-hybridized carbons (Fsp3) is 0.375. The molecule has 1 atom stereocenters. The Balaban J connectivity index is 2.50. The maximum Gasteiger partial charge on any atom is 0.338 e. The Morgan fingerprint density at radius 1 is 1.32 bits per heavy atom. The lowest BCUT2D eigenvalue weighted by molar-refractivity contribution is -0.139. The molecule has 2 amide bonds. The second-order valence-corrected chi connectivity index (χ2v) is 4.94. The van der Waals surface area contributed by atoms with Gasteiger partial charge in [0, 0.05) is 12.2 Å². The highest BCUT2D eigenvalue weighted by molar-refractivity contribution is 5.95. The van der Waals surface area contributed by atoms with Crippen molar-refractivity contribution in [1.82, 2.24) is 10.2 Å². The summed E-state index contributed by atoms with van der Waals surface area (Å²) in [5, 5.41) is 12.2. The van der Waals surface area contributed by atoms with Crippen molar-refractivity contribution in [3.05, 3.63) is 41.1 Å². The van der Waals surface area contributed by atoms with Crippen LogP contribution in [0, 0.1) is 0 Å². The third-order valence-electron chi connectivity index (χ3n) is 3.63. The fourth-order valence-corrected chi connectivity index (χ4v) is 2.55. The van der Waals surface area contributed by atoms with Gasteiger partial charge in [0.2, 0.25) is 0 Å². The van der Waals surface area contributed by atoms with Crippen molar-refractivity contribution in [2.75, 3.05) is 13.2 Å². The predicted octanol–water partition coefficient (Wildman–Crippen LogP) is 2.32. The van der Waals surface area contributed by atoms with E-state index in [9.17, 15) is 14.7 Å². The minimum absolute atomic E-state index is 0.124. The first-order valence-electron chi connectivity index (χ1n) is 7.24. The molecule has 2 N–H and O–H groups in total. The first kappa shape index (κ1) is 15.9. The number of carbonyl (C=O) groups excluding carboxylic acids is 2. The number of hydrogen-bond donors (Lipinski definition) is 2. The van der Waals surface area contributed by atoms with E-state index < -0.39 is 12.0 Å². The van der Waals surface area contributed by atoms with Gasteiger partial charge in [-0.05, 0) is 38.5 Å². The normalized spacial score (nSPS) is 18.2. The zero-order valence-electron chi connectivity index (χ0n) is 12.9. The molecule has 0 fully saturated rings. The maximum absolute atomic E-state index is 12.3. The summed E-state index contributed by atoms with van der Waals surface area (Å²) < 4.78 is 5.13. The van der Waals surface area contributed by atoms with E-state index >= 15 is 0 Å². The number of nitrogens with zero attached hydrogens (tertiary/aromatic N) is 1. The Hall–Kier alpha value is -2.50. The van der Waals surface area contributed by atoms with Crippen molar-refractivity contribution in [3.63, 3.8) is 0 Å². The molecular formula is C16H20N2O4. The van der Waals surface area contributed by atoms with Gasteiger partial charge in [-0.2, -0.15) is 0 Å². The summed E-state index contributed by atoms with van der Waals surface area (Å²) in [7, 11) is 0. The average molecular weight is 304 g/mol. The summed E-state index contributed by atoms with van der Waals surface area (Å²) in [4.78, 5) is 26.0. The van der Waals surface area contributed by atoms with Gasteiger partial charge in [-0.3, -0.25) is 4.90 Å². The van der Waals surface area contributed by atoms with Crippen molar-refractivity contribution >= 4 is 12.0 Å². The minimum atomic E-state index is -0.588. The van der Waals surface area contributed by atoms with E-state index in [0.717, 1.165) is 0 Å². The number of amides is 2. The third-order valence-corrected chi connectivity index (χ3v) is 3.63. The van der Waals surface area contributed by atoms with Crippen LogP contribution < -0.4 is 5.32 Å². The highest BCUT2D eigenvalue weighted by Crippen LogP contribution is 2.31. The molecule has 1 unspecified atom stereocenters. The molecule has 6 heteroatoms. The molecule has 0 saturated carbocycles. The molecule has 0 saturated heterocycles. The SMILES string of the molecule is CCOC(=O)C1=C(C)N(CC)C(=O)NC1c1ccc(O)cc1. The summed E-state index contributed by atoms with van der Waals surface area (Å²) in [5.41, 5.74) is 1.71. The number of phenols is 1. The molecule has 0 aliphatic carbocycles. The van der Waals surface area contributed by atoms with Gasteiger partial charge in [-0.15, -0.1) is 0 Å². The van der Waals surface area contributed by atoms with Crippen LogP contribution in [-0.4, -0.2) is 35.2 Å². The highest BCUT2D eigenvalue weighted by Gasteiger charge is 2.35. The summed E-state index contributed by atoms with van der Waals surface area (Å²) in [5.74, 6) is -0.323. The number of benzene rings is 1. The fourth-order valence-electron chi connectivity index (χ4n) is 2.55. The molecule has 0 spiro atoms. The van der Waals surface area contributed by atoms with Gasteiger partial charge < -0.3 is 15.2 Å². The molecule has 1 aliphatic heterocycles. The molecular weight excluding hydrogens is 284 g/mol. The lowest BCUT2D eigenvalue weighted by atomic mass is 9.95.